The average molecular weight is 268 g/mol. The standard InChI is InChI=1S/C13H18ClN3O/c1-12(2)9(13(12,3)4)6-16-11(18)8-5-15-7-10(14)17-8/h5,7,9H,6H2,1-4H3,(H,16,18). The fourth-order valence-electron chi connectivity index (χ4n) is 2.58. The van der Waals surface area contributed by atoms with Crippen molar-refractivity contribution in [3.63, 3.8) is 0 Å². The van der Waals surface area contributed by atoms with E-state index in [1.165, 1.54) is 12.4 Å². The number of halogens is 1. The summed E-state index contributed by atoms with van der Waals surface area (Å²) in [6, 6.07) is 0. The Labute approximate surface area is 112 Å². The van der Waals surface area contributed by atoms with Crippen LogP contribution in [0.3, 0.4) is 0 Å². The lowest BCUT2D eigenvalue weighted by molar-refractivity contribution is 0.0944. The first-order chi connectivity index (χ1) is 8.26. The summed E-state index contributed by atoms with van der Waals surface area (Å²) in [5.41, 5.74) is 0.791. The minimum Gasteiger partial charge on any atom is -0.350 e. The highest BCUT2D eigenvalue weighted by atomic mass is 35.5. The van der Waals surface area contributed by atoms with Gasteiger partial charge in [-0.15, -0.1) is 0 Å². The Bertz CT molecular complexity index is 471. The quantitative estimate of drug-likeness (QED) is 0.916. The Kier molecular flexibility index (Phi) is 3.09. The molecular weight excluding hydrogens is 250 g/mol. The predicted octanol–water partition coefficient (Wildman–Crippen LogP) is 2.54. The second kappa shape index (κ2) is 4.19. The number of carbonyl (C=O) groups is 1. The van der Waals surface area contributed by atoms with Gasteiger partial charge in [-0.25, -0.2) is 4.98 Å². The molecule has 0 spiro atoms. The molecule has 1 heterocycles. The van der Waals surface area contributed by atoms with E-state index in [0.29, 0.717) is 12.5 Å². The molecular formula is C13H18ClN3O. The molecule has 1 aliphatic carbocycles. The summed E-state index contributed by atoms with van der Waals surface area (Å²) in [5.74, 6) is 0.268. The molecule has 0 aliphatic heterocycles. The fraction of sp³-hybridized carbons (Fsp3) is 0.615. The van der Waals surface area contributed by atoms with Crippen molar-refractivity contribution >= 4 is 17.5 Å². The minimum atomic E-state index is -0.219. The summed E-state index contributed by atoms with van der Waals surface area (Å²) in [6.45, 7) is 9.56. The van der Waals surface area contributed by atoms with E-state index in [1.807, 2.05) is 0 Å². The summed E-state index contributed by atoms with van der Waals surface area (Å²) in [5, 5.41) is 3.13. The highest BCUT2D eigenvalue weighted by molar-refractivity contribution is 6.29. The molecule has 0 radical (unpaired) electrons. The maximum absolute atomic E-state index is 11.9. The predicted molar refractivity (Wildman–Crippen MR) is 70.4 cm³/mol. The van der Waals surface area contributed by atoms with E-state index < -0.39 is 0 Å². The van der Waals surface area contributed by atoms with Gasteiger partial charge in [0.15, 0.2) is 0 Å². The summed E-state index contributed by atoms with van der Waals surface area (Å²) >= 11 is 5.70. The molecule has 1 aromatic heterocycles. The zero-order valence-electron chi connectivity index (χ0n) is 11.1. The van der Waals surface area contributed by atoms with Crippen LogP contribution in [0.25, 0.3) is 0 Å². The topological polar surface area (TPSA) is 54.9 Å². The molecule has 1 fully saturated rings. The second-order valence-electron chi connectivity index (χ2n) is 5.93. The Balaban J connectivity index is 1.95. The third-order valence-corrected chi connectivity index (χ3v) is 4.81. The first kappa shape index (κ1) is 13.3. The van der Waals surface area contributed by atoms with Crippen molar-refractivity contribution in [3.05, 3.63) is 23.2 Å². The lowest BCUT2D eigenvalue weighted by Crippen LogP contribution is -2.28. The highest BCUT2D eigenvalue weighted by Crippen LogP contribution is 2.67. The number of nitrogens with one attached hydrogen (secondary N) is 1. The first-order valence-corrected chi connectivity index (χ1v) is 6.40. The van der Waals surface area contributed by atoms with Crippen molar-refractivity contribution in [3.8, 4) is 0 Å². The molecule has 0 aromatic carbocycles. The zero-order chi connectivity index (χ0) is 13.6. The van der Waals surface area contributed by atoms with Crippen molar-refractivity contribution in [1.29, 1.82) is 0 Å². The third kappa shape index (κ3) is 2.09. The van der Waals surface area contributed by atoms with Crippen LogP contribution in [-0.4, -0.2) is 22.4 Å². The third-order valence-electron chi connectivity index (χ3n) is 4.62. The highest BCUT2D eigenvalue weighted by Gasteiger charge is 2.64. The minimum absolute atomic E-state index is 0.219. The largest absolute Gasteiger partial charge is 0.350 e. The van der Waals surface area contributed by atoms with Crippen LogP contribution in [0.2, 0.25) is 5.15 Å². The monoisotopic (exact) mass is 267 g/mol. The number of hydrogen-bond donors (Lipinski definition) is 1. The normalized spacial score (nSPS) is 20.5. The van der Waals surface area contributed by atoms with Crippen LogP contribution in [0.1, 0.15) is 38.2 Å². The van der Waals surface area contributed by atoms with Gasteiger partial charge in [-0.05, 0) is 16.7 Å². The molecule has 1 amide bonds. The van der Waals surface area contributed by atoms with Crippen LogP contribution in [0.4, 0.5) is 0 Å². The van der Waals surface area contributed by atoms with E-state index in [-0.39, 0.29) is 27.6 Å². The molecule has 98 valence electrons. The number of nitrogens with zero attached hydrogens (tertiary/aromatic N) is 2. The van der Waals surface area contributed by atoms with Crippen molar-refractivity contribution in [2.24, 2.45) is 16.7 Å². The number of amides is 1. The van der Waals surface area contributed by atoms with Gasteiger partial charge in [-0.3, -0.25) is 9.78 Å². The van der Waals surface area contributed by atoms with E-state index in [2.05, 4.69) is 43.0 Å². The van der Waals surface area contributed by atoms with Crippen molar-refractivity contribution in [1.82, 2.24) is 15.3 Å². The smallest absolute Gasteiger partial charge is 0.271 e. The van der Waals surface area contributed by atoms with Crippen LogP contribution in [0.15, 0.2) is 12.4 Å². The van der Waals surface area contributed by atoms with Gasteiger partial charge in [0.05, 0.1) is 12.4 Å². The van der Waals surface area contributed by atoms with Crippen LogP contribution < -0.4 is 5.32 Å². The van der Waals surface area contributed by atoms with Gasteiger partial charge in [-0.2, -0.15) is 0 Å². The molecule has 0 bridgehead atoms. The summed E-state index contributed by atoms with van der Waals surface area (Å²) in [4.78, 5) is 19.7. The molecule has 0 unspecified atom stereocenters. The van der Waals surface area contributed by atoms with Crippen LogP contribution in [0, 0.1) is 16.7 Å². The number of aromatic nitrogens is 2. The molecule has 1 aromatic rings. The second-order valence-corrected chi connectivity index (χ2v) is 6.32. The lowest BCUT2D eigenvalue weighted by atomic mass is 10.0. The Morgan fingerprint density at radius 1 is 1.33 bits per heavy atom. The zero-order valence-corrected chi connectivity index (χ0v) is 11.9. The Morgan fingerprint density at radius 2 is 1.94 bits per heavy atom. The van der Waals surface area contributed by atoms with Crippen molar-refractivity contribution < 1.29 is 4.79 Å². The summed E-state index contributed by atoms with van der Waals surface area (Å²) in [6.07, 6.45) is 2.83. The van der Waals surface area contributed by atoms with E-state index in [4.69, 9.17) is 11.6 Å². The summed E-state index contributed by atoms with van der Waals surface area (Å²) < 4.78 is 0. The van der Waals surface area contributed by atoms with Gasteiger partial charge >= 0.3 is 0 Å². The molecule has 1 saturated carbocycles. The molecule has 1 aliphatic rings. The van der Waals surface area contributed by atoms with Crippen molar-refractivity contribution in [2.75, 3.05) is 6.54 Å². The molecule has 4 nitrogen and oxygen atoms in total. The van der Waals surface area contributed by atoms with Crippen LogP contribution in [-0.2, 0) is 0 Å². The molecule has 5 heteroatoms. The van der Waals surface area contributed by atoms with Gasteiger partial charge in [0.25, 0.3) is 5.91 Å². The van der Waals surface area contributed by atoms with Crippen LogP contribution in [0.5, 0.6) is 0 Å². The first-order valence-electron chi connectivity index (χ1n) is 6.02. The maximum Gasteiger partial charge on any atom is 0.271 e. The average Bonchev–Trinajstić information content (AvgIpc) is 2.66. The van der Waals surface area contributed by atoms with E-state index in [9.17, 15) is 4.79 Å². The van der Waals surface area contributed by atoms with Gasteiger partial charge < -0.3 is 5.32 Å². The molecule has 18 heavy (non-hydrogen) atoms. The Hall–Kier alpha value is -1.16. The number of rotatable bonds is 3. The van der Waals surface area contributed by atoms with E-state index in [1.54, 1.807) is 0 Å². The number of hydrogen-bond acceptors (Lipinski definition) is 3. The lowest BCUT2D eigenvalue weighted by Gasteiger charge is -2.05. The summed E-state index contributed by atoms with van der Waals surface area (Å²) in [7, 11) is 0. The van der Waals surface area contributed by atoms with Crippen molar-refractivity contribution in [2.45, 2.75) is 27.7 Å². The molecule has 0 atom stereocenters. The van der Waals surface area contributed by atoms with Gasteiger partial charge in [-0.1, -0.05) is 39.3 Å². The molecule has 2 rings (SSSR count). The molecule has 0 saturated heterocycles. The van der Waals surface area contributed by atoms with Crippen LogP contribution >= 0.6 is 11.6 Å². The van der Waals surface area contributed by atoms with E-state index >= 15 is 0 Å². The van der Waals surface area contributed by atoms with E-state index in [0.717, 1.165) is 0 Å². The van der Waals surface area contributed by atoms with Gasteiger partial charge in [0.2, 0.25) is 0 Å². The number of carbonyl (C=O) groups excluding carboxylic acids is 1. The fourth-order valence-corrected chi connectivity index (χ4v) is 2.73. The Morgan fingerprint density at radius 3 is 2.44 bits per heavy atom. The van der Waals surface area contributed by atoms with Gasteiger partial charge in [0, 0.05) is 6.54 Å². The maximum atomic E-state index is 11.9. The SMILES string of the molecule is CC1(C)C(CNC(=O)c2cncc(Cl)n2)C1(C)C. The van der Waals surface area contributed by atoms with Gasteiger partial charge in [0.1, 0.15) is 10.8 Å². The molecule has 1 N–H and O–H groups in total.